The van der Waals surface area contributed by atoms with Crippen LogP contribution in [-0.4, -0.2) is 30.1 Å². The van der Waals surface area contributed by atoms with Crippen LogP contribution < -0.4 is 15.7 Å². The van der Waals surface area contributed by atoms with Crippen molar-refractivity contribution in [3.8, 4) is 5.75 Å². The summed E-state index contributed by atoms with van der Waals surface area (Å²) in [5.74, 6) is -0.990. The standard InChI is InChI=1S/C20H25NO6/c1-5-6-7-15(19(23)24)21-17(22)10-14-11(2)13-8-9-16(26-4)12(3)18(13)27-20(14)25/h8-9,15H,5-7,10H2,1-4H3,(H,21,22)(H,23,24). The second-order valence-corrected chi connectivity index (χ2v) is 6.54. The van der Waals surface area contributed by atoms with Gasteiger partial charge in [0, 0.05) is 10.9 Å². The van der Waals surface area contributed by atoms with E-state index >= 15 is 0 Å². The molecule has 0 saturated carbocycles. The van der Waals surface area contributed by atoms with Gasteiger partial charge in [0.1, 0.15) is 17.4 Å². The topological polar surface area (TPSA) is 106 Å². The molecule has 146 valence electrons. The number of carboxylic acid groups (broad SMARTS) is 1. The number of carbonyl (C=O) groups excluding carboxylic acids is 1. The van der Waals surface area contributed by atoms with Gasteiger partial charge in [0.05, 0.1) is 19.1 Å². The molecule has 0 aliphatic carbocycles. The molecule has 1 amide bonds. The highest BCUT2D eigenvalue weighted by atomic mass is 16.5. The lowest BCUT2D eigenvalue weighted by molar-refractivity contribution is -0.142. The number of hydrogen-bond acceptors (Lipinski definition) is 5. The molecule has 27 heavy (non-hydrogen) atoms. The van der Waals surface area contributed by atoms with Gasteiger partial charge < -0.3 is 19.6 Å². The molecule has 0 aliphatic heterocycles. The molecule has 0 saturated heterocycles. The number of methoxy groups -OCH3 is 1. The predicted molar refractivity (Wildman–Crippen MR) is 101 cm³/mol. The van der Waals surface area contributed by atoms with Gasteiger partial charge in [0.15, 0.2) is 0 Å². The van der Waals surface area contributed by atoms with Crippen molar-refractivity contribution in [3.63, 3.8) is 0 Å². The van der Waals surface area contributed by atoms with E-state index in [-0.39, 0.29) is 12.0 Å². The lowest BCUT2D eigenvalue weighted by atomic mass is 10.0. The molecule has 1 aromatic carbocycles. The first-order valence-corrected chi connectivity index (χ1v) is 8.92. The lowest BCUT2D eigenvalue weighted by Gasteiger charge is -2.15. The third-order valence-corrected chi connectivity index (χ3v) is 4.69. The summed E-state index contributed by atoms with van der Waals surface area (Å²) in [5, 5.41) is 12.5. The number of rotatable bonds is 8. The number of carbonyl (C=O) groups is 2. The number of aliphatic carboxylic acids is 1. The smallest absolute Gasteiger partial charge is 0.340 e. The molecular formula is C20H25NO6. The van der Waals surface area contributed by atoms with Gasteiger partial charge in [-0.2, -0.15) is 0 Å². The van der Waals surface area contributed by atoms with Gasteiger partial charge in [0.2, 0.25) is 5.91 Å². The van der Waals surface area contributed by atoms with Crippen LogP contribution >= 0.6 is 0 Å². The number of aryl methyl sites for hydroxylation is 2. The Morgan fingerprint density at radius 3 is 2.56 bits per heavy atom. The zero-order chi connectivity index (χ0) is 20.1. The van der Waals surface area contributed by atoms with Crippen LogP contribution in [0.25, 0.3) is 11.0 Å². The molecule has 0 fully saturated rings. The summed E-state index contributed by atoms with van der Waals surface area (Å²) in [4.78, 5) is 36.0. The Bertz CT molecular complexity index is 915. The van der Waals surface area contributed by atoms with Gasteiger partial charge in [0.25, 0.3) is 0 Å². The third-order valence-electron chi connectivity index (χ3n) is 4.69. The quantitative estimate of drug-likeness (QED) is 0.687. The highest BCUT2D eigenvalue weighted by Gasteiger charge is 2.22. The van der Waals surface area contributed by atoms with Crippen LogP contribution in [-0.2, 0) is 16.0 Å². The van der Waals surface area contributed by atoms with Crippen molar-refractivity contribution in [1.82, 2.24) is 5.32 Å². The molecular weight excluding hydrogens is 350 g/mol. The first-order chi connectivity index (χ1) is 12.8. The average Bonchev–Trinajstić information content (AvgIpc) is 2.62. The molecule has 7 nitrogen and oxygen atoms in total. The van der Waals surface area contributed by atoms with Crippen LogP contribution in [0.5, 0.6) is 5.75 Å². The number of hydrogen-bond donors (Lipinski definition) is 2. The fraction of sp³-hybridized carbons (Fsp3) is 0.450. The molecule has 2 rings (SSSR count). The van der Waals surface area contributed by atoms with Crippen molar-refractivity contribution in [3.05, 3.63) is 39.2 Å². The summed E-state index contributed by atoms with van der Waals surface area (Å²) in [5.41, 5.74) is 1.39. The van der Waals surface area contributed by atoms with E-state index < -0.39 is 23.5 Å². The SMILES string of the molecule is CCCCC(NC(=O)Cc1c(C)c2ccc(OC)c(C)c2oc1=O)C(=O)O. The summed E-state index contributed by atoms with van der Waals surface area (Å²) in [6.45, 7) is 5.49. The fourth-order valence-corrected chi connectivity index (χ4v) is 3.07. The van der Waals surface area contributed by atoms with E-state index in [1.54, 1.807) is 26.0 Å². The van der Waals surface area contributed by atoms with Gasteiger partial charge in [-0.05, 0) is 38.0 Å². The zero-order valence-electron chi connectivity index (χ0n) is 16.0. The van der Waals surface area contributed by atoms with Crippen LogP contribution in [0, 0.1) is 13.8 Å². The van der Waals surface area contributed by atoms with Crippen LogP contribution in [0.4, 0.5) is 0 Å². The van der Waals surface area contributed by atoms with E-state index in [0.717, 1.165) is 11.8 Å². The molecule has 0 aliphatic rings. The van der Waals surface area contributed by atoms with E-state index in [9.17, 15) is 19.5 Å². The van der Waals surface area contributed by atoms with Crippen LogP contribution in [0.15, 0.2) is 21.3 Å². The van der Waals surface area contributed by atoms with Crippen molar-refractivity contribution in [2.45, 2.75) is 52.5 Å². The van der Waals surface area contributed by atoms with Gasteiger partial charge in [-0.25, -0.2) is 9.59 Å². The summed E-state index contributed by atoms with van der Waals surface area (Å²) in [6, 6.07) is 2.60. The van der Waals surface area contributed by atoms with E-state index in [1.807, 2.05) is 6.92 Å². The van der Waals surface area contributed by atoms with Crippen LogP contribution in [0.2, 0.25) is 0 Å². The Morgan fingerprint density at radius 1 is 1.26 bits per heavy atom. The third kappa shape index (κ3) is 4.48. The predicted octanol–water partition coefficient (Wildman–Crippen LogP) is 2.72. The Labute approximate surface area is 157 Å². The first kappa shape index (κ1) is 20.5. The average molecular weight is 375 g/mol. The number of unbranched alkanes of at least 4 members (excludes halogenated alkanes) is 1. The maximum Gasteiger partial charge on any atom is 0.340 e. The number of amides is 1. The molecule has 1 unspecified atom stereocenters. The fourth-order valence-electron chi connectivity index (χ4n) is 3.07. The summed E-state index contributed by atoms with van der Waals surface area (Å²) in [7, 11) is 1.54. The Hall–Kier alpha value is -2.83. The van der Waals surface area contributed by atoms with Crippen molar-refractivity contribution >= 4 is 22.8 Å². The lowest BCUT2D eigenvalue weighted by Crippen LogP contribution is -2.42. The number of carboxylic acids is 1. The van der Waals surface area contributed by atoms with Gasteiger partial charge >= 0.3 is 11.6 Å². The second kappa shape index (κ2) is 8.70. The molecule has 7 heteroatoms. The molecule has 1 aromatic heterocycles. The largest absolute Gasteiger partial charge is 0.496 e. The normalized spacial score (nSPS) is 12.0. The van der Waals surface area contributed by atoms with Crippen LogP contribution in [0.3, 0.4) is 0 Å². The summed E-state index contributed by atoms with van der Waals surface area (Å²) >= 11 is 0. The van der Waals surface area contributed by atoms with Crippen molar-refractivity contribution in [2.24, 2.45) is 0 Å². The number of fused-ring (bicyclic) bond motifs is 1. The van der Waals surface area contributed by atoms with Crippen molar-refractivity contribution < 1.29 is 23.8 Å². The molecule has 2 aromatic rings. The second-order valence-electron chi connectivity index (χ2n) is 6.54. The molecule has 2 N–H and O–H groups in total. The maximum absolute atomic E-state index is 12.4. The highest BCUT2D eigenvalue weighted by Crippen LogP contribution is 2.29. The first-order valence-electron chi connectivity index (χ1n) is 8.92. The number of ether oxygens (including phenoxy) is 1. The molecule has 1 atom stereocenters. The van der Waals surface area contributed by atoms with E-state index in [0.29, 0.717) is 35.3 Å². The Morgan fingerprint density at radius 2 is 1.96 bits per heavy atom. The monoisotopic (exact) mass is 375 g/mol. The van der Waals surface area contributed by atoms with Gasteiger partial charge in [-0.1, -0.05) is 19.8 Å². The molecule has 0 bridgehead atoms. The minimum absolute atomic E-state index is 0.226. The molecule has 1 heterocycles. The molecule has 0 spiro atoms. The van der Waals surface area contributed by atoms with E-state index in [1.165, 1.54) is 7.11 Å². The molecule has 0 radical (unpaired) electrons. The summed E-state index contributed by atoms with van der Waals surface area (Å²) in [6.07, 6.45) is 1.64. The maximum atomic E-state index is 12.4. The minimum atomic E-state index is -1.08. The van der Waals surface area contributed by atoms with E-state index in [4.69, 9.17) is 9.15 Å². The Kier molecular flexibility index (Phi) is 6.60. The van der Waals surface area contributed by atoms with Gasteiger partial charge in [-0.3, -0.25) is 4.79 Å². The number of nitrogens with one attached hydrogen (secondary N) is 1. The van der Waals surface area contributed by atoms with E-state index in [2.05, 4.69) is 5.32 Å². The van der Waals surface area contributed by atoms with Crippen molar-refractivity contribution in [1.29, 1.82) is 0 Å². The summed E-state index contributed by atoms with van der Waals surface area (Å²) < 4.78 is 10.7. The number of benzene rings is 1. The van der Waals surface area contributed by atoms with Crippen molar-refractivity contribution in [2.75, 3.05) is 7.11 Å². The van der Waals surface area contributed by atoms with Gasteiger partial charge in [-0.15, -0.1) is 0 Å². The van der Waals surface area contributed by atoms with Crippen LogP contribution in [0.1, 0.15) is 42.9 Å². The zero-order valence-corrected chi connectivity index (χ0v) is 16.0. The highest BCUT2D eigenvalue weighted by molar-refractivity contribution is 5.88. The Balaban J connectivity index is 2.32. The minimum Gasteiger partial charge on any atom is -0.496 e.